The lowest BCUT2D eigenvalue weighted by Gasteiger charge is -2.16. The lowest BCUT2D eigenvalue weighted by atomic mass is 10.3. The number of nitrogen functional groups attached to an aromatic ring is 1. The van der Waals surface area contributed by atoms with E-state index >= 15 is 0 Å². The Morgan fingerprint density at radius 2 is 2.00 bits per heavy atom. The smallest absolute Gasteiger partial charge is 0.276 e. The van der Waals surface area contributed by atoms with Crippen molar-refractivity contribution in [1.29, 1.82) is 0 Å². The van der Waals surface area contributed by atoms with Gasteiger partial charge in [-0.05, 0) is 12.1 Å². The molecule has 1 amide bonds. The molecule has 0 aliphatic heterocycles. The molecule has 2 rings (SSSR count). The van der Waals surface area contributed by atoms with Crippen molar-refractivity contribution >= 4 is 23.2 Å². The third kappa shape index (κ3) is 3.98. The maximum Gasteiger partial charge on any atom is 0.276 e. The van der Waals surface area contributed by atoms with Crippen LogP contribution in [0.15, 0.2) is 36.7 Å². The summed E-state index contributed by atoms with van der Waals surface area (Å²) in [6, 6.07) is 9.07. The molecule has 0 spiro atoms. The molecule has 0 aliphatic rings. The number of hydrogen-bond acceptors (Lipinski definition) is 7. The van der Waals surface area contributed by atoms with Gasteiger partial charge in [0.15, 0.2) is 18.2 Å². The van der Waals surface area contributed by atoms with E-state index in [1.807, 2.05) is 32.3 Å². The third-order valence-corrected chi connectivity index (χ3v) is 2.72. The second-order valence-electron chi connectivity index (χ2n) is 4.63. The van der Waals surface area contributed by atoms with Crippen molar-refractivity contribution in [3.63, 3.8) is 0 Å². The Hall–Kier alpha value is -3.03. The van der Waals surface area contributed by atoms with Crippen LogP contribution in [0.3, 0.4) is 0 Å². The van der Waals surface area contributed by atoms with Gasteiger partial charge < -0.3 is 15.4 Å². The molecule has 0 saturated carbocycles. The van der Waals surface area contributed by atoms with Crippen LogP contribution in [0, 0.1) is 0 Å². The number of hydrazine groups is 1. The van der Waals surface area contributed by atoms with Crippen LogP contribution < -0.4 is 26.2 Å². The van der Waals surface area contributed by atoms with Crippen LogP contribution in [-0.4, -0.2) is 36.6 Å². The van der Waals surface area contributed by atoms with E-state index in [1.165, 1.54) is 6.33 Å². The highest BCUT2D eigenvalue weighted by molar-refractivity contribution is 5.81. The van der Waals surface area contributed by atoms with Crippen LogP contribution in [0.4, 0.5) is 17.3 Å². The van der Waals surface area contributed by atoms with Gasteiger partial charge in [-0.25, -0.2) is 9.97 Å². The van der Waals surface area contributed by atoms with Crippen molar-refractivity contribution in [3.8, 4) is 5.75 Å². The van der Waals surface area contributed by atoms with Crippen LogP contribution in [0.25, 0.3) is 0 Å². The first-order valence-electron chi connectivity index (χ1n) is 6.58. The number of anilines is 3. The van der Waals surface area contributed by atoms with Gasteiger partial charge >= 0.3 is 0 Å². The van der Waals surface area contributed by atoms with E-state index < -0.39 is 0 Å². The first-order valence-corrected chi connectivity index (χ1v) is 6.58. The fourth-order valence-electron chi connectivity index (χ4n) is 1.67. The summed E-state index contributed by atoms with van der Waals surface area (Å²) < 4.78 is 5.32. The number of nitrogens with one attached hydrogen (secondary N) is 2. The van der Waals surface area contributed by atoms with Crippen LogP contribution in [0.1, 0.15) is 0 Å². The number of para-hydroxylation sites is 1. The molecule has 2 aromatic rings. The van der Waals surface area contributed by atoms with Gasteiger partial charge in [0.25, 0.3) is 5.91 Å². The average molecular weight is 302 g/mol. The highest BCUT2D eigenvalue weighted by Gasteiger charge is 2.10. The maximum absolute atomic E-state index is 11.7. The van der Waals surface area contributed by atoms with Crippen LogP contribution in [0.2, 0.25) is 0 Å². The molecule has 116 valence electrons. The molecule has 1 aromatic carbocycles. The Bertz CT molecular complexity index is 632. The number of carbonyl (C=O) groups excluding carboxylic acids is 1. The minimum atomic E-state index is -0.353. The van der Waals surface area contributed by atoms with E-state index in [0.717, 1.165) is 0 Å². The first kappa shape index (κ1) is 15.4. The van der Waals surface area contributed by atoms with Gasteiger partial charge in [-0.3, -0.25) is 15.6 Å². The molecule has 1 aromatic heterocycles. The summed E-state index contributed by atoms with van der Waals surface area (Å²) in [6.07, 6.45) is 1.36. The molecule has 0 bridgehead atoms. The Morgan fingerprint density at radius 1 is 1.27 bits per heavy atom. The average Bonchev–Trinajstić information content (AvgIpc) is 2.52. The Kier molecular flexibility index (Phi) is 4.97. The van der Waals surface area contributed by atoms with Gasteiger partial charge in [-0.1, -0.05) is 18.2 Å². The first-order chi connectivity index (χ1) is 10.6. The summed E-state index contributed by atoms with van der Waals surface area (Å²) in [5.74, 6) is 1.15. The van der Waals surface area contributed by atoms with E-state index in [1.54, 1.807) is 17.0 Å². The van der Waals surface area contributed by atoms with E-state index in [0.29, 0.717) is 23.1 Å². The monoisotopic (exact) mass is 302 g/mol. The van der Waals surface area contributed by atoms with Gasteiger partial charge in [0.2, 0.25) is 0 Å². The number of carbonyl (C=O) groups is 1. The van der Waals surface area contributed by atoms with Crippen LogP contribution in [-0.2, 0) is 4.79 Å². The summed E-state index contributed by atoms with van der Waals surface area (Å²) in [6.45, 7) is -0.122. The minimum Gasteiger partial charge on any atom is -0.484 e. The fourth-order valence-corrected chi connectivity index (χ4v) is 1.67. The largest absolute Gasteiger partial charge is 0.484 e. The molecule has 8 nitrogen and oxygen atoms in total. The zero-order chi connectivity index (χ0) is 15.9. The van der Waals surface area contributed by atoms with Gasteiger partial charge in [-0.2, -0.15) is 0 Å². The number of nitrogens with zero attached hydrogens (tertiary/aromatic N) is 3. The van der Waals surface area contributed by atoms with E-state index in [2.05, 4.69) is 20.8 Å². The van der Waals surface area contributed by atoms with Gasteiger partial charge in [0.05, 0.1) is 0 Å². The van der Waals surface area contributed by atoms with E-state index in [9.17, 15) is 4.79 Å². The lowest BCUT2D eigenvalue weighted by Crippen LogP contribution is -2.34. The van der Waals surface area contributed by atoms with Gasteiger partial charge in [-0.15, -0.1) is 0 Å². The minimum absolute atomic E-state index is 0.122. The van der Waals surface area contributed by atoms with E-state index in [4.69, 9.17) is 10.5 Å². The zero-order valence-corrected chi connectivity index (χ0v) is 12.4. The van der Waals surface area contributed by atoms with Crippen LogP contribution in [0.5, 0.6) is 5.75 Å². The Labute approximate surface area is 128 Å². The van der Waals surface area contributed by atoms with E-state index in [-0.39, 0.29) is 12.5 Å². The van der Waals surface area contributed by atoms with Crippen molar-refractivity contribution in [2.24, 2.45) is 0 Å². The Morgan fingerprint density at radius 3 is 2.68 bits per heavy atom. The molecular weight excluding hydrogens is 284 g/mol. The summed E-state index contributed by atoms with van der Waals surface area (Å²) in [5, 5.41) is 0. The fraction of sp³-hybridized carbons (Fsp3) is 0.214. The highest BCUT2D eigenvalue weighted by atomic mass is 16.5. The predicted molar refractivity (Wildman–Crippen MR) is 84.5 cm³/mol. The summed E-state index contributed by atoms with van der Waals surface area (Å²) >= 11 is 0. The standard InChI is InChI=1S/C14H18N6O2/c1-20(2)14-12(15)13(16-9-17-14)19-18-11(21)8-22-10-6-4-3-5-7-10/h3-7,9H,8,15H2,1-2H3,(H,18,21)(H,16,17,19). The van der Waals surface area contributed by atoms with Crippen molar-refractivity contribution in [2.45, 2.75) is 0 Å². The van der Waals surface area contributed by atoms with Crippen molar-refractivity contribution in [3.05, 3.63) is 36.7 Å². The van der Waals surface area contributed by atoms with Crippen molar-refractivity contribution in [1.82, 2.24) is 15.4 Å². The number of aromatic nitrogens is 2. The second kappa shape index (κ2) is 7.11. The molecule has 0 saturated heterocycles. The van der Waals surface area contributed by atoms with Gasteiger partial charge in [0, 0.05) is 14.1 Å². The number of benzene rings is 1. The number of amides is 1. The van der Waals surface area contributed by atoms with Crippen molar-refractivity contribution in [2.75, 3.05) is 36.8 Å². The molecule has 1 heterocycles. The maximum atomic E-state index is 11.7. The normalized spacial score (nSPS) is 9.91. The number of rotatable bonds is 6. The summed E-state index contributed by atoms with van der Waals surface area (Å²) in [4.78, 5) is 21.5. The van der Waals surface area contributed by atoms with Crippen LogP contribution >= 0.6 is 0 Å². The quantitative estimate of drug-likeness (QED) is 0.673. The highest BCUT2D eigenvalue weighted by Crippen LogP contribution is 2.23. The predicted octanol–water partition coefficient (Wildman–Crippen LogP) is 0.647. The molecular formula is C14H18N6O2. The lowest BCUT2D eigenvalue weighted by molar-refractivity contribution is -0.122. The molecule has 4 N–H and O–H groups in total. The molecule has 0 fully saturated rings. The third-order valence-electron chi connectivity index (χ3n) is 2.72. The number of hydrogen-bond donors (Lipinski definition) is 3. The second-order valence-corrected chi connectivity index (χ2v) is 4.63. The SMILES string of the molecule is CN(C)c1ncnc(NNC(=O)COc2ccccc2)c1N. The molecule has 22 heavy (non-hydrogen) atoms. The zero-order valence-electron chi connectivity index (χ0n) is 12.4. The molecule has 0 unspecified atom stereocenters. The molecule has 0 radical (unpaired) electrons. The Balaban J connectivity index is 1.87. The molecule has 0 atom stereocenters. The molecule has 8 heteroatoms. The number of ether oxygens (including phenoxy) is 1. The summed E-state index contributed by atoms with van der Waals surface area (Å²) in [5.41, 5.74) is 11.4. The summed E-state index contributed by atoms with van der Waals surface area (Å²) in [7, 11) is 3.63. The van der Waals surface area contributed by atoms with Crippen molar-refractivity contribution < 1.29 is 9.53 Å². The number of nitrogens with two attached hydrogens (primary N) is 1. The molecule has 0 aliphatic carbocycles. The topological polar surface area (TPSA) is 105 Å². The van der Waals surface area contributed by atoms with Gasteiger partial charge in [0.1, 0.15) is 17.8 Å².